The predicted molar refractivity (Wildman–Crippen MR) is 89.8 cm³/mol. The van der Waals surface area contributed by atoms with Crippen molar-refractivity contribution in [2.45, 2.75) is 25.8 Å². The van der Waals surface area contributed by atoms with E-state index in [9.17, 15) is 0 Å². The molecule has 0 saturated carbocycles. The molecule has 0 aliphatic carbocycles. The van der Waals surface area contributed by atoms with Gasteiger partial charge in [-0.15, -0.1) is 0 Å². The molecule has 0 amide bonds. The van der Waals surface area contributed by atoms with Gasteiger partial charge in [0.1, 0.15) is 5.75 Å². The number of methoxy groups -OCH3 is 1. The summed E-state index contributed by atoms with van der Waals surface area (Å²) >= 11 is 3.57. The maximum absolute atomic E-state index is 5.31. The molecule has 112 valence electrons. The molecule has 3 nitrogen and oxygen atoms in total. The highest BCUT2D eigenvalue weighted by Gasteiger charge is 2.20. The van der Waals surface area contributed by atoms with E-state index in [4.69, 9.17) is 4.74 Å². The van der Waals surface area contributed by atoms with Crippen molar-refractivity contribution in [1.29, 1.82) is 0 Å². The molecule has 2 aromatic rings. The highest BCUT2D eigenvalue weighted by molar-refractivity contribution is 9.10. The van der Waals surface area contributed by atoms with Crippen molar-refractivity contribution >= 4 is 15.9 Å². The zero-order chi connectivity index (χ0) is 15.2. The van der Waals surface area contributed by atoms with Crippen molar-refractivity contribution in [3.63, 3.8) is 0 Å². The van der Waals surface area contributed by atoms with Gasteiger partial charge >= 0.3 is 0 Å². The number of halogens is 1. The molecule has 21 heavy (non-hydrogen) atoms. The van der Waals surface area contributed by atoms with Crippen LogP contribution in [0.5, 0.6) is 5.75 Å². The Bertz CT molecular complexity index is 574. The van der Waals surface area contributed by atoms with Crippen LogP contribution in [0.1, 0.15) is 36.9 Å². The van der Waals surface area contributed by atoms with Gasteiger partial charge in [-0.25, -0.2) is 0 Å². The third-order valence-corrected chi connectivity index (χ3v) is 4.31. The highest BCUT2D eigenvalue weighted by atomic mass is 79.9. The summed E-state index contributed by atoms with van der Waals surface area (Å²) in [6.45, 7) is 5.29. The van der Waals surface area contributed by atoms with Crippen LogP contribution in [0.2, 0.25) is 0 Å². The number of nitrogens with zero attached hydrogens (tertiary/aromatic N) is 1. The molecule has 4 heteroatoms. The van der Waals surface area contributed by atoms with Crippen molar-refractivity contribution < 1.29 is 4.74 Å². The number of aromatic nitrogens is 1. The monoisotopic (exact) mass is 348 g/mol. The third kappa shape index (κ3) is 3.83. The Hall–Kier alpha value is -1.39. The second-order valence-electron chi connectivity index (χ2n) is 5.00. The Kier molecular flexibility index (Phi) is 5.76. The van der Waals surface area contributed by atoms with E-state index in [2.05, 4.69) is 64.3 Å². The summed E-state index contributed by atoms with van der Waals surface area (Å²) in [5, 5.41) is 3.58. The molecule has 0 spiro atoms. The van der Waals surface area contributed by atoms with Gasteiger partial charge in [-0.2, -0.15) is 0 Å². The third-order valence-electron chi connectivity index (χ3n) is 3.69. The SMILES string of the molecule is CCNC(c1ccc(OC)c(Br)c1)C(C)c1ccncc1. The van der Waals surface area contributed by atoms with Crippen molar-refractivity contribution in [2.24, 2.45) is 0 Å². The standard InChI is InChI=1S/C17H21BrN2O/c1-4-20-17(12(2)13-7-9-19-10-8-13)14-5-6-16(21-3)15(18)11-14/h5-12,17,20H,4H2,1-3H3. The number of nitrogens with one attached hydrogen (secondary N) is 1. The first-order valence-electron chi connectivity index (χ1n) is 7.14. The Balaban J connectivity index is 2.32. The number of likely N-dealkylation sites (N-methyl/N-ethyl adjacent to an activating group) is 1. The second kappa shape index (κ2) is 7.57. The van der Waals surface area contributed by atoms with E-state index in [1.807, 2.05) is 18.5 Å². The summed E-state index contributed by atoms with van der Waals surface area (Å²) in [6.07, 6.45) is 3.69. The summed E-state index contributed by atoms with van der Waals surface area (Å²) in [4.78, 5) is 4.10. The first-order valence-corrected chi connectivity index (χ1v) is 7.93. The van der Waals surface area contributed by atoms with Crippen LogP contribution in [0.15, 0.2) is 47.2 Å². The summed E-state index contributed by atoms with van der Waals surface area (Å²) in [7, 11) is 1.68. The summed E-state index contributed by atoms with van der Waals surface area (Å²) in [6, 6.07) is 10.7. The van der Waals surface area contributed by atoms with Crippen molar-refractivity contribution in [3.8, 4) is 5.75 Å². The first-order chi connectivity index (χ1) is 10.2. The fraction of sp³-hybridized carbons (Fsp3) is 0.353. The molecule has 0 radical (unpaired) electrons. The lowest BCUT2D eigenvalue weighted by atomic mass is 9.89. The maximum Gasteiger partial charge on any atom is 0.133 e. The Morgan fingerprint density at radius 1 is 1.19 bits per heavy atom. The first kappa shape index (κ1) is 16.0. The van der Waals surface area contributed by atoms with E-state index in [-0.39, 0.29) is 6.04 Å². The minimum absolute atomic E-state index is 0.250. The highest BCUT2D eigenvalue weighted by Crippen LogP contribution is 2.34. The molecule has 0 aliphatic heterocycles. The van der Waals surface area contributed by atoms with E-state index in [0.717, 1.165) is 16.8 Å². The summed E-state index contributed by atoms with van der Waals surface area (Å²) < 4.78 is 6.29. The molecule has 0 aliphatic rings. The maximum atomic E-state index is 5.31. The van der Waals surface area contributed by atoms with Crippen molar-refractivity contribution in [1.82, 2.24) is 10.3 Å². The minimum atomic E-state index is 0.250. The van der Waals surface area contributed by atoms with Gasteiger partial charge in [0.2, 0.25) is 0 Å². The molecule has 0 bridgehead atoms. The van der Waals surface area contributed by atoms with E-state index < -0.39 is 0 Å². The number of hydrogen-bond donors (Lipinski definition) is 1. The molecule has 1 N–H and O–H groups in total. The van der Waals surface area contributed by atoms with E-state index in [0.29, 0.717) is 5.92 Å². The molecule has 1 aromatic heterocycles. The van der Waals surface area contributed by atoms with Gasteiger partial charge in [0, 0.05) is 24.4 Å². The zero-order valence-electron chi connectivity index (χ0n) is 12.6. The molecule has 2 unspecified atom stereocenters. The molecule has 2 rings (SSSR count). The Morgan fingerprint density at radius 2 is 1.90 bits per heavy atom. The lowest BCUT2D eigenvalue weighted by Crippen LogP contribution is -2.25. The van der Waals surface area contributed by atoms with Gasteiger partial charge in [0.05, 0.1) is 11.6 Å². The molecular formula is C17H21BrN2O. The Labute approximate surface area is 134 Å². The van der Waals surface area contributed by atoms with Gasteiger partial charge in [-0.1, -0.05) is 19.9 Å². The lowest BCUT2D eigenvalue weighted by Gasteiger charge is -2.26. The van der Waals surface area contributed by atoms with E-state index >= 15 is 0 Å². The number of hydrogen-bond acceptors (Lipinski definition) is 3. The average molecular weight is 349 g/mol. The summed E-state index contributed by atoms with van der Waals surface area (Å²) in [5.74, 6) is 1.21. The van der Waals surface area contributed by atoms with Crippen LogP contribution >= 0.6 is 15.9 Å². The quantitative estimate of drug-likeness (QED) is 0.844. The molecular weight excluding hydrogens is 328 g/mol. The number of pyridine rings is 1. The van der Waals surface area contributed by atoms with Crippen LogP contribution in [-0.2, 0) is 0 Å². The molecule has 1 aromatic carbocycles. The number of ether oxygens (including phenoxy) is 1. The van der Waals surface area contributed by atoms with Crippen LogP contribution in [-0.4, -0.2) is 18.6 Å². The van der Waals surface area contributed by atoms with Gasteiger partial charge < -0.3 is 10.1 Å². The van der Waals surface area contributed by atoms with Crippen LogP contribution in [0, 0.1) is 0 Å². The zero-order valence-corrected chi connectivity index (χ0v) is 14.2. The van der Waals surface area contributed by atoms with Crippen molar-refractivity contribution in [2.75, 3.05) is 13.7 Å². The van der Waals surface area contributed by atoms with Gasteiger partial charge in [-0.05, 0) is 57.9 Å². The molecule has 0 saturated heterocycles. The van der Waals surface area contributed by atoms with Crippen LogP contribution in [0.25, 0.3) is 0 Å². The van der Waals surface area contributed by atoms with Crippen molar-refractivity contribution in [3.05, 3.63) is 58.3 Å². The van der Waals surface area contributed by atoms with Gasteiger partial charge in [0.25, 0.3) is 0 Å². The van der Waals surface area contributed by atoms with Gasteiger partial charge in [0.15, 0.2) is 0 Å². The van der Waals surface area contributed by atoms with Crippen LogP contribution in [0.4, 0.5) is 0 Å². The normalized spacial score (nSPS) is 13.7. The largest absolute Gasteiger partial charge is 0.496 e. The Morgan fingerprint density at radius 3 is 2.48 bits per heavy atom. The number of benzene rings is 1. The lowest BCUT2D eigenvalue weighted by molar-refractivity contribution is 0.411. The summed E-state index contributed by atoms with van der Waals surface area (Å²) in [5.41, 5.74) is 2.52. The fourth-order valence-corrected chi connectivity index (χ4v) is 3.10. The topological polar surface area (TPSA) is 34.1 Å². The van der Waals surface area contributed by atoms with Gasteiger partial charge in [-0.3, -0.25) is 4.98 Å². The van der Waals surface area contributed by atoms with E-state index in [1.165, 1.54) is 11.1 Å². The smallest absolute Gasteiger partial charge is 0.133 e. The second-order valence-corrected chi connectivity index (χ2v) is 5.85. The van der Waals surface area contributed by atoms with E-state index in [1.54, 1.807) is 7.11 Å². The van der Waals surface area contributed by atoms with Crippen LogP contribution in [0.3, 0.4) is 0 Å². The van der Waals surface area contributed by atoms with Crippen LogP contribution < -0.4 is 10.1 Å². The molecule has 0 fully saturated rings. The fourth-order valence-electron chi connectivity index (χ4n) is 2.54. The predicted octanol–water partition coefficient (Wildman–Crippen LogP) is 4.31. The minimum Gasteiger partial charge on any atom is -0.496 e. The average Bonchev–Trinajstić information content (AvgIpc) is 2.52. The number of rotatable bonds is 6. The molecule has 2 atom stereocenters. The molecule has 1 heterocycles.